The summed E-state index contributed by atoms with van der Waals surface area (Å²) in [4.78, 5) is 11.4. The average Bonchev–Trinajstić information content (AvgIpc) is 2.90. The van der Waals surface area contributed by atoms with Crippen molar-refractivity contribution < 1.29 is 27.3 Å². The summed E-state index contributed by atoms with van der Waals surface area (Å²) in [7, 11) is -2.76. The zero-order valence-electron chi connectivity index (χ0n) is 16.3. The Morgan fingerprint density at radius 2 is 2.00 bits per heavy atom. The predicted octanol–water partition coefficient (Wildman–Crippen LogP) is 4.34. The van der Waals surface area contributed by atoms with Crippen LogP contribution in [0.15, 0.2) is 41.3 Å². The van der Waals surface area contributed by atoms with Crippen molar-refractivity contribution in [3.05, 3.63) is 64.6 Å². The van der Waals surface area contributed by atoms with Crippen molar-refractivity contribution >= 4 is 32.3 Å². The van der Waals surface area contributed by atoms with Crippen LogP contribution in [-0.4, -0.2) is 31.5 Å². The first-order chi connectivity index (χ1) is 14.0. The van der Waals surface area contributed by atoms with Gasteiger partial charge in [0, 0.05) is 39.2 Å². The number of carbonyl (C=O) groups is 1. The van der Waals surface area contributed by atoms with Crippen LogP contribution in [0.1, 0.15) is 28.8 Å². The number of hydrogen-bond donors (Lipinski definition) is 1. The minimum Gasteiger partial charge on any atom is -0.480 e. The standard InChI is InChI=1S/C22H20F3NO3S/c1-13-16(17-11-15(23)4-5-19(17)26(13)12-21(27)28)9-14-3-6-20-18(10-14)22(24,25)7-8-30(20,2)29/h3-6,10-11H,2,7-9,12H2,1H3,(H,27,28). The summed E-state index contributed by atoms with van der Waals surface area (Å²) in [6.07, 6.45) is -0.311. The number of benzene rings is 2. The maximum atomic E-state index is 14.5. The molecule has 1 unspecified atom stereocenters. The van der Waals surface area contributed by atoms with Crippen LogP contribution < -0.4 is 0 Å². The number of halogens is 3. The first-order valence-corrected chi connectivity index (χ1v) is 11.2. The number of aromatic nitrogens is 1. The molecule has 4 rings (SSSR count). The lowest BCUT2D eigenvalue weighted by atomic mass is 9.97. The normalized spacial score (nSPS) is 20.3. The molecule has 0 spiro atoms. The van der Waals surface area contributed by atoms with Crippen LogP contribution in [0.2, 0.25) is 0 Å². The molecular weight excluding hydrogens is 415 g/mol. The minimum atomic E-state index is -3.09. The van der Waals surface area contributed by atoms with E-state index in [2.05, 4.69) is 5.87 Å². The molecular formula is C22H20F3NO3S. The Morgan fingerprint density at radius 3 is 2.70 bits per heavy atom. The minimum absolute atomic E-state index is 0.0820. The summed E-state index contributed by atoms with van der Waals surface area (Å²) in [6, 6.07) is 8.52. The van der Waals surface area contributed by atoms with Crippen LogP contribution >= 0.6 is 0 Å². The van der Waals surface area contributed by atoms with Gasteiger partial charge in [-0.15, -0.1) is 0 Å². The molecule has 0 radical (unpaired) electrons. The van der Waals surface area contributed by atoms with E-state index in [0.29, 0.717) is 27.7 Å². The molecule has 8 heteroatoms. The van der Waals surface area contributed by atoms with Crippen molar-refractivity contribution in [3.8, 4) is 0 Å². The molecule has 2 heterocycles. The summed E-state index contributed by atoms with van der Waals surface area (Å²) < 4.78 is 57.1. The molecule has 0 fully saturated rings. The summed E-state index contributed by atoms with van der Waals surface area (Å²) >= 11 is 0. The first-order valence-electron chi connectivity index (χ1n) is 9.35. The summed E-state index contributed by atoms with van der Waals surface area (Å²) in [5, 5.41) is 9.77. The van der Waals surface area contributed by atoms with Crippen molar-refractivity contribution in [1.82, 2.24) is 4.57 Å². The SMILES string of the molecule is C=S1(=O)CCC(F)(F)c2cc(Cc3c(C)n(CC(=O)O)c4ccc(F)cc34)ccc21. The van der Waals surface area contributed by atoms with Crippen LogP contribution in [0, 0.1) is 12.7 Å². The van der Waals surface area contributed by atoms with Gasteiger partial charge in [-0.05, 0) is 70.2 Å². The van der Waals surface area contributed by atoms with Gasteiger partial charge in [-0.25, -0.2) is 13.2 Å². The fraction of sp³-hybridized carbons (Fsp3) is 0.273. The molecule has 0 saturated carbocycles. The monoisotopic (exact) mass is 435 g/mol. The number of aliphatic carboxylic acids is 1. The molecule has 1 N–H and O–H groups in total. The molecule has 0 amide bonds. The summed E-state index contributed by atoms with van der Waals surface area (Å²) in [5.41, 5.74) is 2.13. The Hall–Kier alpha value is -2.74. The molecule has 1 atom stereocenters. The van der Waals surface area contributed by atoms with E-state index in [1.165, 1.54) is 30.3 Å². The maximum absolute atomic E-state index is 14.5. The van der Waals surface area contributed by atoms with Gasteiger partial charge in [-0.1, -0.05) is 6.07 Å². The Bertz CT molecular complexity index is 1290. The Morgan fingerprint density at radius 1 is 1.27 bits per heavy atom. The number of nitrogens with zero attached hydrogens (tertiary/aromatic N) is 1. The quantitative estimate of drug-likeness (QED) is 0.621. The van der Waals surface area contributed by atoms with Gasteiger partial charge in [0.05, 0.1) is 0 Å². The highest BCUT2D eigenvalue weighted by Gasteiger charge is 2.40. The Labute approximate surface area is 172 Å². The Kier molecular flexibility index (Phi) is 4.73. The maximum Gasteiger partial charge on any atom is 0.323 e. The molecule has 0 bridgehead atoms. The lowest BCUT2D eigenvalue weighted by molar-refractivity contribution is -0.137. The number of carboxylic acids is 1. The van der Waals surface area contributed by atoms with Gasteiger partial charge in [0.15, 0.2) is 0 Å². The van der Waals surface area contributed by atoms with E-state index in [4.69, 9.17) is 0 Å². The zero-order valence-corrected chi connectivity index (χ0v) is 17.1. The highest BCUT2D eigenvalue weighted by molar-refractivity contribution is 8.00. The Balaban J connectivity index is 1.85. The fourth-order valence-corrected chi connectivity index (χ4v) is 5.86. The van der Waals surface area contributed by atoms with Gasteiger partial charge >= 0.3 is 5.97 Å². The van der Waals surface area contributed by atoms with Gasteiger partial charge in [0.25, 0.3) is 5.92 Å². The molecule has 3 aromatic rings. The number of hydrogen-bond acceptors (Lipinski definition) is 2. The van der Waals surface area contributed by atoms with Gasteiger partial charge in [-0.3, -0.25) is 9.00 Å². The molecule has 1 aliphatic heterocycles. The average molecular weight is 435 g/mol. The number of carboxylic acid groups (broad SMARTS) is 1. The summed E-state index contributed by atoms with van der Waals surface area (Å²) in [5.74, 6) is -1.12. The molecule has 30 heavy (non-hydrogen) atoms. The molecule has 0 saturated heterocycles. The smallest absolute Gasteiger partial charge is 0.323 e. The number of alkyl halides is 2. The highest BCUT2D eigenvalue weighted by atomic mass is 32.2. The molecule has 4 nitrogen and oxygen atoms in total. The summed E-state index contributed by atoms with van der Waals surface area (Å²) in [6.45, 7) is 1.44. The second-order valence-corrected chi connectivity index (χ2v) is 10.2. The molecule has 1 aliphatic rings. The van der Waals surface area contributed by atoms with E-state index in [9.17, 15) is 27.3 Å². The van der Waals surface area contributed by atoms with Gasteiger partial charge in [0.2, 0.25) is 0 Å². The van der Waals surface area contributed by atoms with Gasteiger partial charge in [-0.2, -0.15) is 0 Å². The largest absolute Gasteiger partial charge is 0.480 e. The van der Waals surface area contributed by atoms with Crippen molar-refractivity contribution in [1.29, 1.82) is 0 Å². The van der Waals surface area contributed by atoms with E-state index < -0.39 is 33.7 Å². The van der Waals surface area contributed by atoms with E-state index in [-0.39, 0.29) is 29.2 Å². The third-order valence-corrected chi connectivity index (χ3v) is 7.70. The van der Waals surface area contributed by atoms with Crippen molar-refractivity contribution in [3.63, 3.8) is 0 Å². The second kappa shape index (κ2) is 6.91. The number of rotatable bonds is 4. The second-order valence-electron chi connectivity index (χ2n) is 7.68. The van der Waals surface area contributed by atoms with E-state index >= 15 is 0 Å². The van der Waals surface area contributed by atoms with E-state index in [1.807, 2.05) is 0 Å². The van der Waals surface area contributed by atoms with Crippen LogP contribution in [-0.2, 0) is 33.2 Å². The van der Waals surface area contributed by atoms with Crippen LogP contribution in [0.25, 0.3) is 10.9 Å². The molecule has 2 aromatic carbocycles. The first kappa shape index (κ1) is 20.5. The topological polar surface area (TPSA) is 59.3 Å². The van der Waals surface area contributed by atoms with E-state index in [0.717, 1.165) is 0 Å². The fourth-order valence-electron chi connectivity index (χ4n) is 4.13. The third kappa shape index (κ3) is 3.39. The van der Waals surface area contributed by atoms with E-state index in [1.54, 1.807) is 17.6 Å². The highest BCUT2D eigenvalue weighted by Crippen LogP contribution is 2.42. The third-order valence-electron chi connectivity index (χ3n) is 5.67. The lowest BCUT2D eigenvalue weighted by Gasteiger charge is -2.28. The predicted molar refractivity (Wildman–Crippen MR) is 110 cm³/mol. The van der Waals surface area contributed by atoms with Gasteiger partial charge in [0.1, 0.15) is 12.4 Å². The van der Waals surface area contributed by atoms with Crippen molar-refractivity contribution in [2.45, 2.75) is 37.1 Å². The number of fused-ring (bicyclic) bond motifs is 2. The molecule has 158 valence electrons. The zero-order chi connectivity index (χ0) is 21.8. The van der Waals surface area contributed by atoms with Crippen molar-refractivity contribution in [2.24, 2.45) is 0 Å². The van der Waals surface area contributed by atoms with Crippen LogP contribution in [0.3, 0.4) is 0 Å². The van der Waals surface area contributed by atoms with Crippen LogP contribution in [0.4, 0.5) is 13.2 Å². The van der Waals surface area contributed by atoms with Gasteiger partial charge < -0.3 is 9.67 Å². The lowest BCUT2D eigenvalue weighted by Crippen LogP contribution is -2.28. The van der Waals surface area contributed by atoms with Crippen LogP contribution in [0.5, 0.6) is 0 Å². The molecule has 1 aromatic heterocycles. The molecule has 0 aliphatic carbocycles. The van der Waals surface area contributed by atoms with Crippen molar-refractivity contribution in [2.75, 3.05) is 5.75 Å².